The molecule has 0 spiro atoms. The van der Waals surface area contributed by atoms with Crippen LogP contribution < -0.4 is 0 Å². The highest BCUT2D eigenvalue weighted by Crippen LogP contribution is 2.20. The van der Waals surface area contributed by atoms with Crippen LogP contribution in [0.2, 0.25) is 0 Å². The zero-order valence-electron chi connectivity index (χ0n) is 12.6. The van der Waals surface area contributed by atoms with Gasteiger partial charge in [-0.3, -0.25) is 0 Å². The second-order valence-corrected chi connectivity index (χ2v) is 6.84. The zero-order valence-corrected chi connectivity index (χ0v) is 13.5. The van der Waals surface area contributed by atoms with Gasteiger partial charge in [-0.05, 0) is 41.5 Å². The number of rotatable bonds is 4. The number of aryl methyl sites for hydroxylation is 1. The Bertz CT molecular complexity index is 955. The minimum absolute atomic E-state index is 0.143. The van der Waals surface area contributed by atoms with Crippen molar-refractivity contribution in [3.63, 3.8) is 0 Å². The van der Waals surface area contributed by atoms with Gasteiger partial charge in [0.2, 0.25) is 0 Å². The van der Waals surface area contributed by atoms with Crippen molar-refractivity contribution in [3.8, 4) is 0 Å². The van der Waals surface area contributed by atoms with Crippen molar-refractivity contribution < 1.29 is 12.6 Å². The van der Waals surface area contributed by atoms with Crippen LogP contribution in [0.3, 0.4) is 0 Å². The summed E-state index contributed by atoms with van der Waals surface area (Å²) in [4.78, 5) is 0.143. The fourth-order valence-electron chi connectivity index (χ4n) is 2.24. The van der Waals surface area contributed by atoms with Gasteiger partial charge in [0.1, 0.15) is 11.2 Å². The lowest BCUT2D eigenvalue weighted by atomic mass is 10.1. The molecule has 0 unspecified atom stereocenters. The standard InChI is InChI=1S/C19H16O3S/c1-15-6-8-16(9-7-15)12-13-22-23(20,21)19-11-10-17-4-2-3-5-18(17)14-19/h2-14H,1H3. The summed E-state index contributed by atoms with van der Waals surface area (Å²) >= 11 is 0. The van der Waals surface area contributed by atoms with Gasteiger partial charge in [-0.2, -0.15) is 8.42 Å². The molecule has 0 aliphatic rings. The summed E-state index contributed by atoms with van der Waals surface area (Å²) in [7, 11) is -3.82. The minimum Gasteiger partial charge on any atom is -0.387 e. The molecule has 3 nitrogen and oxygen atoms in total. The Labute approximate surface area is 136 Å². The van der Waals surface area contributed by atoms with E-state index in [-0.39, 0.29) is 4.90 Å². The Balaban J connectivity index is 1.81. The van der Waals surface area contributed by atoms with E-state index < -0.39 is 10.1 Å². The first-order valence-electron chi connectivity index (χ1n) is 7.20. The maximum absolute atomic E-state index is 12.2. The fraction of sp³-hybridized carbons (Fsp3) is 0.0526. The second-order valence-electron chi connectivity index (χ2n) is 5.27. The summed E-state index contributed by atoms with van der Waals surface area (Å²) in [5, 5.41) is 1.85. The summed E-state index contributed by atoms with van der Waals surface area (Å²) in [5.74, 6) is 0. The molecule has 23 heavy (non-hydrogen) atoms. The molecule has 3 aromatic carbocycles. The third kappa shape index (κ3) is 3.60. The first-order chi connectivity index (χ1) is 11.0. The van der Waals surface area contributed by atoms with Gasteiger partial charge in [-0.1, -0.05) is 60.2 Å². The highest BCUT2D eigenvalue weighted by molar-refractivity contribution is 7.86. The highest BCUT2D eigenvalue weighted by atomic mass is 32.2. The molecule has 116 valence electrons. The van der Waals surface area contributed by atoms with Crippen LogP contribution in [0.1, 0.15) is 11.1 Å². The Hall–Kier alpha value is -2.59. The third-order valence-electron chi connectivity index (χ3n) is 3.53. The first kappa shape index (κ1) is 15.3. The number of hydrogen-bond acceptors (Lipinski definition) is 3. The van der Waals surface area contributed by atoms with Crippen LogP contribution in [-0.4, -0.2) is 8.42 Å². The molecule has 3 aromatic rings. The monoisotopic (exact) mass is 324 g/mol. The lowest BCUT2D eigenvalue weighted by Crippen LogP contribution is -2.01. The minimum atomic E-state index is -3.82. The number of fused-ring (bicyclic) bond motifs is 1. The van der Waals surface area contributed by atoms with Gasteiger partial charge >= 0.3 is 10.1 Å². The van der Waals surface area contributed by atoms with E-state index in [1.165, 1.54) is 6.26 Å². The van der Waals surface area contributed by atoms with E-state index >= 15 is 0 Å². The van der Waals surface area contributed by atoms with Crippen LogP contribution in [0.5, 0.6) is 0 Å². The zero-order chi connectivity index (χ0) is 16.3. The van der Waals surface area contributed by atoms with E-state index in [1.54, 1.807) is 24.3 Å². The van der Waals surface area contributed by atoms with Gasteiger partial charge in [0.05, 0.1) is 0 Å². The van der Waals surface area contributed by atoms with Gasteiger partial charge in [-0.25, -0.2) is 0 Å². The molecule has 3 rings (SSSR count). The molecule has 0 bridgehead atoms. The Morgan fingerprint density at radius 3 is 2.30 bits per heavy atom. The van der Waals surface area contributed by atoms with E-state index in [4.69, 9.17) is 4.18 Å². The Morgan fingerprint density at radius 1 is 0.870 bits per heavy atom. The maximum Gasteiger partial charge on any atom is 0.338 e. The normalized spacial score (nSPS) is 11.9. The number of hydrogen-bond donors (Lipinski definition) is 0. The van der Waals surface area contributed by atoms with E-state index in [9.17, 15) is 8.42 Å². The molecular weight excluding hydrogens is 308 g/mol. The summed E-state index contributed by atoms with van der Waals surface area (Å²) in [6, 6.07) is 20.2. The summed E-state index contributed by atoms with van der Waals surface area (Å²) in [5.41, 5.74) is 2.02. The largest absolute Gasteiger partial charge is 0.387 e. The Morgan fingerprint density at radius 2 is 1.57 bits per heavy atom. The fourth-order valence-corrected chi connectivity index (χ4v) is 3.05. The van der Waals surface area contributed by atoms with Gasteiger partial charge < -0.3 is 4.18 Å². The van der Waals surface area contributed by atoms with Crippen LogP contribution in [0.25, 0.3) is 16.8 Å². The van der Waals surface area contributed by atoms with E-state index in [2.05, 4.69) is 0 Å². The molecule has 0 radical (unpaired) electrons. The van der Waals surface area contributed by atoms with Gasteiger partial charge in [0, 0.05) is 0 Å². The van der Waals surface area contributed by atoms with Gasteiger partial charge in [-0.15, -0.1) is 0 Å². The lowest BCUT2D eigenvalue weighted by Gasteiger charge is -2.04. The van der Waals surface area contributed by atoms with Gasteiger partial charge in [0.25, 0.3) is 0 Å². The van der Waals surface area contributed by atoms with Crippen molar-refractivity contribution in [3.05, 3.63) is 84.1 Å². The molecule has 0 saturated carbocycles. The summed E-state index contributed by atoms with van der Waals surface area (Å²) < 4.78 is 29.5. The average molecular weight is 324 g/mol. The van der Waals surface area contributed by atoms with Crippen LogP contribution >= 0.6 is 0 Å². The van der Waals surface area contributed by atoms with E-state index in [1.807, 2.05) is 55.5 Å². The molecule has 0 saturated heterocycles. The van der Waals surface area contributed by atoms with E-state index in [0.717, 1.165) is 21.9 Å². The van der Waals surface area contributed by atoms with Crippen molar-refractivity contribution in [1.82, 2.24) is 0 Å². The average Bonchev–Trinajstić information content (AvgIpc) is 2.56. The molecular formula is C19H16O3S. The number of benzene rings is 3. The first-order valence-corrected chi connectivity index (χ1v) is 8.61. The maximum atomic E-state index is 12.2. The van der Waals surface area contributed by atoms with Crippen LogP contribution in [-0.2, 0) is 14.3 Å². The molecule has 0 heterocycles. The molecule has 0 aliphatic heterocycles. The van der Waals surface area contributed by atoms with Crippen LogP contribution in [0.4, 0.5) is 0 Å². The van der Waals surface area contributed by atoms with Crippen molar-refractivity contribution in [2.75, 3.05) is 0 Å². The van der Waals surface area contributed by atoms with Gasteiger partial charge in [0.15, 0.2) is 0 Å². The Kier molecular flexibility index (Phi) is 4.17. The van der Waals surface area contributed by atoms with E-state index in [0.29, 0.717) is 0 Å². The quantitative estimate of drug-likeness (QED) is 0.523. The van der Waals surface area contributed by atoms with Crippen molar-refractivity contribution >= 4 is 27.0 Å². The SMILES string of the molecule is Cc1ccc(C=COS(=O)(=O)c2ccc3ccccc3c2)cc1. The molecule has 0 atom stereocenters. The summed E-state index contributed by atoms with van der Waals surface area (Å²) in [6.45, 7) is 1.99. The third-order valence-corrected chi connectivity index (χ3v) is 4.73. The van der Waals surface area contributed by atoms with Crippen molar-refractivity contribution in [2.24, 2.45) is 0 Å². The van der Waals surface area contributed by atoms with Crippen molar-refractivity contribution in [1.29, 1.82) is 0 Å². The van der Waals surface area contributed by atoms with Crippen molar-refractivity contribution in [2.45, 2.75) is 11.8 Å². The molecule has 0 amide bonds. The highest BCUT2D eigenvalue weighted by Gasteiger charge is 2.14. The molecule has 0 aromatic heterocycles. The second kappa shape index (κ2) is 6.26. The predicted octanol–water partition coefficient (Wildman–Crippen LogP) is 4.52. The molecule has 0 fully saturated rings. The molecule has 0 aliphatic carbocycles. The lowest BCUT2D eigenvalue weighted by molar-refractivity contribution is 0.446. The smallest absolute Gasteiger partial charge is 0.338 e. The predicted molar refractivity (Wildman–Crippen MR) is 92.4 cm³/mol. The molecule has 4 heteroatoms. The van der Waals surface area contributed by atoms with Crippen LogP contribution in [0, 0.1) is 6.92 Å². The van der Waals surface area contributed by atoms with Crippen LogP contribution in [0.15, 0.2) is 77.9 Å². The topological polar surface area (TPSA) is 43.4 Å². The summed E-state index contributed by atoms with van der Waals surface area (Å²) in [6.07, 6.45) is 2.83. The molecule has 0 N–H and O–H groups in total.